The summed E-state index contributed by atoms with van der Waals surface area (Å²) in [4.78, 5) is 10.6. The van der Waals surface area contributed by atoms with Gasteiger partial charge in [0.25, 0.3) is 0 Å². The molecule has 0 saturated heterocycles. The van der Waals surface area contributed by atoms with Crippen LogP contribution in [0.15, 0.2) is 218 Å². The minimum Gasteiger partial charge on any atom is -0.309 e. The molecule has 4 nitrogen and oxygen atoms in total. The van der Waals surface area contributed by atoms with E-state index in [0.29, 0.717) is 5.82 Å². The van der Waals surface area contributed by atoms with Crippen molar-refractivity contribution in [2.75, 3.05) is 0 Å². The molecule has 2 aliphatic rings. The van der Waals surface area contributed by atoms with Gasteiger partial charge in [0.1, 0.15) is 5.82 Å². The zero-order chi connectivity index (χ0) is 41.2. The molecule has 0 aliphatic heterocycles. The number of aromatic nitrogens is 4. The fourth-order valence-corrected chi connectivity index (χ4v) is 11.2. The quantitative estimate of drug-likeness (QED) is 0.178. The topological polar surface area (TPSA) is 35.6 Å². The molecule has 0 amide bonds. The highest BCUT2D eigenvalue weighted by atomic mass is 15.1. The van der Waals surface area contributed by atoms with Crippen LogP contribution in [0.3, 0.4) is 0 Å². The molecule has 0 radical (unpaired) electrons. The van der Waals surface area contributed by atoms with Crippen molar-refractivity contribution >= 4 is 43.6 Å². The average molecular weight is 801 g/mol. The monoisotopic (exact) mass is 800 g/mol. The van der Waals surface area contributed by atoms with Gasteiger partial charge >= 0.3 is 0 Å². The maximum Gasteiger partial charge on any atom is 0.162 e. The number of benzene rings is 9. The zero-order valence-electron chi connectivity index (χ0n) is 34.1. The van der Waals surface area contributed by atoms with Gasteiger partial charge in [-0.1, -0.05) is 170 Å². The Morgan fingerprint density at radius 2 is 0.825 bits per heavy atom. The van der Waals surface area contributed by atoms with E-state index in [9.17, 15) is 0 Å². The van der Waals surface area contributed by atoms with Crippen LogP contribution < -0.4 is 0 Å². The zero-order valence-corrected chi connectivity index (χ0v) is 34.1. The highest BCUT2D eigenvalue weighted by molar-refractivity contribution is 6.13. The molecule has 3 heterocycles. The number of nitrogens with zero attached hydrogens (tertiary/aromatic N) is 4. The van der Waals surface area contributed by atoms with Crippen LogP contribution in [0.2, 0.25) is 0 Å². The van der Waals surface area contributed by atoms with Gasteiger partial charge in [-0.2, -0.15) is 0 Å². The van der Waals surface area contributed by atoms with Crippen LogP contribution in [0.5, 0.6) is 0 Å². The van der Waals surface area contributed by atoms with Crippen LogP contribution in [-0.2, 0) is 5.41 Å². The van der Waals surface area contributed by atoms with Gasteiger partial charge < -0.3 is 4.57 Å². The van der Waals surface area contributed by atoms with Crippen LogP contribution in [0.25, 0.3) is 100 Å². The van der Waals surface area contributed by atoms with Gasteiger partial charge in [-0.15, -0.1) is 0 Å². The summed E-state index contributed by atoms with van der Waals surface area (Å²) in [7, 11) is 0. The molecule has 0 bridgehead atoms. The first-order chi connectivity index (χ1) is 31.3. The lowest BCUT2D eigenvalue weighted by atomic mass is 9.70. The molecule has 0 unspecified atom stereocenters. The van der Waals surface area contributed by atoms with Gasteiger partial charge in [-0.05, 0) is 87.0 Å². The lowest BCUT2D eigenvalue weighted by Gasteiger charge is -2.30. The molecule has 0 saturated carbocycles. The van der Waals surface area contributed by atoms with Crippen molar-refractivity contribution in [3.8, 4) is 56.4 Å². The minimum atomic E-state index is -0.409. The van der Waals surface area contributed by atoms with Gasteiger partial charge in [0, 0.05) is 44.4 Å². The summed E-state index contributed by atoms with van der Waals surface area (Å²) >= 11 is 0. The van der Waals surface area contributed by atoms with Gasteiger partial charge in [0.15, 0.2) is 5.82 Å². The molecule has 9 aromatic carbocycles. The van der Waals surface area contributed by atoms with Crippen molar-refractivity contribution < 1.29 is 0 Å². The number of para-hydroxylation sites is 3. The largest absolute Gasteiger partial charge is 0.309 e. The highest BCUT2D eigenvalue weighted by Crippen LogP contribution is 2.63. The van der Waals surface area contributed by atoms with Gasteiger partial charge in [-0.25, -0.2) is 9.97 Å². The molecule has 12 aromatic rings. The third-order valence-electron chi connectivity index (χ3n) is 13.7. The first-order valence-corrected chi connectivity index (χ1v) is 21.7. The SMILES string of the molecule is c1ccc(-c2nc(-c3cccc(-n4c5ccccc5c5cc6c(cc54)-c4ccccc4C64c5ccccc5-c5ccccc54)c3)cc(-n3c4ccccc4c4ccccc43)n2)cc1. The summed E-state index contributed by atoms with van der Waals surface area (Å²) in [5.41, 5.74) is 18.7. The van der Waals surface area contributed by atoms with Crippen LogP contribution in [0, 0.1) is 0 Å². The Bertz CT molecular complexity index is 3770. The Hall–Kier alpha value is -8.34. The lowest BCUT2D eigenvalue weighted by molar-refractivity contribution is 0.795. The Balaban J connectivity index is 1.01. The summed E-state index contributed by atoms with van der Waals surface area (Å²) in [5, 5.41) is 4.87. The number of rotatable bonds is 4. The minimum absolute atomic E-state index is 0.409. The van der Waals surface area contributed by atoms with Gasteiger partial charge in [0.05, 0.1) is 33.2 Å². The Morgan fingerprint density at radius 3 is 1.46 bits per heavy atom. The van der Waals surface area contributed by atoms with Crippen molar-refractivity contribution in [3.63, 3.8) is 0 Å². The van der Waals surface area contributed by atoms with Crippen molar-refractivity contribution in [3.05, 3.63) is 241 Å². The third kappa shape index (κ3) is 4.64. The van der Waals surface area contributed by atoms with Crippen molar-refractivity contribution in [2.45, 2.75) is 5.41 Å². The van der Waals surface area contributed by atoms with Crippen LogP contribution in [0.4, 0.5) is 0 Å². The molecule has 2 aliphatic carbocycles. The lowest BCUT2D eigenvalue weighted by Crippen LogP contribution is -2.25. The maximum absolute atomic E-state index is 5.31. The van der Waals surface area contributed by atoms with Crippen LogP contribution in [-0.4, -0.2) is 19.1 Å². The van der Waals surface area contributed by atoms with Crippen LogP contribution in [0.1, 0.15) is 22.3 Å². The third-order valence-corrected chi connectivity index (χ3v) is 13.7. The summed E-state index contributed by atoms with van der Waals surface area (Å²) in [5.74, 6) is 1.52. The number of hydrogen-bond acceptors (Lipinski definition) is 2. The number of fused-ring (bicyclic) bond motifs is 16. The predicted octanol–water partition coefficient (Wildman–Crippen LogP) is 14.3. The molecule has 14 rings (SSSR count). The molecular weight excluding hydrogens is 765 g/mol. The van der Waals surface area contributed by atoms with E-state index in [1.54, 1.807) is 0 Å². The molecule has 0 fully saturated rings. The van der Waals surface area contributed by atoms with E-state index in [2.05, 4.69) is 221 Å². The molecule has 1 spiro atoms. The van der Waals surface area contributed by atoms with E-state index in [1.165, 1.54) is 77.1 Å². The van der Waals surface area contributed by atoms with E-state index in [0.717, 1.165) is 39.4 Å². The fourth-order valence-electron chi connectivity index (χ4n) is 11.2. The second-order valence-corrected chi connectivity index (χ2v) is 16.9. The van der Waals surface area contributed by atoms with Crippen molar-refractivity contribution in [1.82, 2.24) is 19.1 Å². The smallest absolute Gasteiger partial charge is 0.162 e. The van der Waals surface area contributed by atoms with Crippen molar-refractivity contribution in [2.24, 2.45) is 0 Å². The Labute approximate surface area is 363 Å². The summed E-state index contributed by atoms with van der Waals surface area (Å²) < 4.78 is 4.73. The first-order valence-electron chi connectivity index (χ1n) is 21.7. The van der Waals surface area contributed by atoms with E-state index >= 15 is 0 Å². The standard InChI is InChI=1S/C59H36N4/c1-2-17-37(18-3-1)58-60-52(36-57(61-58)63-54-31-14-7-24-43(54)44-25-8-15-32-55(44)63)38-19-16-20-39(33-38)62-53-30-13-9-26-45(53)47-34-51-46(35-56(47)62)42-23-6-12-29-50(42)59(51)48-27-10-4-21-40(48)41-22-5-11-28-49(41)59/h1-36H. The highest BCUT2D eigenvalue weighted by Gasteiger charge is 2.51. The van der Waals surface area contributed by atoms with E-state index in [4.69, 9.17) is 9.97 Å². The predicted molar refractivity (Wildman–Crippen MR) is 258 cm³/mol. The average Bonchev–Trinajstić information content (AvgIpc) is 4.05. The van der Waals surface area contributed by atoms with Gasteiger partial charge in [-0.3, -0.25) is 4.57 Å². The molecule has 3 aromatic heterocycles. The molecular formula is C59H36N4. The molecule has 4 heteroatoms. The summed E-state index contributed by atoms with van der Waals surface area (Å²) in [6.07, 6.45) is 0. The molecule has 0 atom stereocenters. The van der Waals surface area contributed by atoms with Crippen LogP contribution >= 0.6 is 0 Å². The van der Waals surface area contributed by atoms with E-state index < -0.39 is 5.41 Å². The van der Waals surface area contributed by atoms with E-state index in [1.807, 2.05) is 6.07 Å². The van der Waals surface area contributed by atoms with Gasteiger partial charge in [0.2, 0.25) is 0 Å². The second kappa shape index (κ2) is 12.8. The second-order valence-electron chi connectivity index (χ2n) is 16.9. The molecule has 292 valence electrons. The Kier molecular flexibility index (Phi) is 7.01. The fraction of sp³-hybridized carbons (Fsp3) is 0.0169. The number of hydrogen-bond donors (Lipinski definition) is 0. The normalized spacial score (nSPS) is 13.2. The summed E-state index contributed by atoms with van der Waals surface area (Å²) in [6.45, 7) is 0. The maximum atomic E-state index is 5.31. The van der Waals surface area contributed by atoms with E-state index in [-0.39, 0.29) is 0 Å². The molecule has 63 heavy (non-hydrogen) atoms. The summed E-state index contributed by atoms with van der Waals surface area (Å²) in [6, 6.07) is 79.5. The van der Waals surface area contributed by atoms with Crippen molar-refractivity contribution in [1.29, 1.82) is 0 Å². The molecule has 0 N–H and O–H groups in total. The first kappa shape index (κ1) is 34.4. The Morgan fingerprint density at radius 1 is 0.317 bits per heavy atom.